The molecule has 0 aliphatic carbocycles. The van der Waals surface area contributed by atoms with Crippen molar-refractivity contribution < 1.29 is 19.2 Å². The van der Waals surface area contributed by atoms with Crippen molar-refractivity contribution in [1.29, 1.82) is 0 Å². The molecule has 0 bridgehead atoms. The highest BCUT2D eigenvalue weighted by Crippen LogP contribution is 2.47. The molecule has 5 rings (SSSR count). The highest BCUT2D eigenvalue weighted by atomic mass is 79.9. The average Bonchev–Trinajstić information content (AvgIpc) is 3.26. The van der Waals surface area contributed by atoms with Gasteiger partial charge in [-0.3, -0.25) is 29.0 Å². The van der Waals surface area contributed by atoms with Crippen molar-refractivity contribution in [2.45, 2.75) is 0 Å². The minimum absolute atomic E-state index is 0.0308. The summed E-state index contributed by atoms with van der Waals surface area (Å²) in [5.41, 5.74) is -0.654. The van der Waals surface area contributed by atoms with E-state index in [9.17, 15) is 24.0 Å². The molecule has 0 atom stereocenters. The summed E-state index contributed by atoms with van der Waals surface area (Å²) >= 11 is 26.7. The van der Waals surface area contributed by atoms with Crippen molar-refractivity contribution in [3.63, 3.8) is 0 Å². The van der Waals surface area contributed by atoms with Crippen LogP contribution in [0.2, 0.25) is 0 Å². The summed E-state index contributed by atoms with van der Waals surface area (Å²) in [5.74, 6) is -3.90. The topological polar surface area (TPSA) is 121 Å². The Morgan fingerprint density at radius 2 is 0.838 bits per heavy atom. The van der Waals surface area contributed by atoms with E-state index >= 15 is 0 Å². The number of imide groups is 2. The van der Waals surface area contributed by atoms with Gasteiger partial charge in [-0.15, -0.1) is 0 Å². The van der Waals surface area contributed by atoms with Gasteiger partial charge in [-0.1, -0.05) is 0 Å². The first-order valence-electron chi connectivity index (χ1n) is 9.40. The molecule has 0 unspecified atom stereocenters. The smallest absolute Gasteiger partial charge is 0.269 e. The van der Waals surface area contributed by atoms with Crippen LogP contribution in [0.1, 0.15) is 41.4 Å². The van der Waals surface area contributed by atoms with Gasteiger partial charge >= 0.3 is 0 Å². The zero-order valence-electron chi connectivity index (χ0n) is 17.0. The molecule has 9 nitrogen and oxygen atoms in total. The molecule has 188 valence electrons. The van der Waals surface area contributed by atoms with E-state index in [1.54, 1.807) is 0 Å². The number of nitrogens with zero attached hydrogens (tertiary/aromatic N) is 3. The second-order valence-corrected chi connectivity index (χ2v) is 13.7. The fourth-order valence-electron chi connectivity index (χ4n) is 3.75. The number of aromatic nitrogens is 2. The number of fused-ring (bicyclic) bond motifs is 2. The fourth-order valence-corrected chi connectivity index (χ4v) is 8.67. The maximum Gasteiger partial charge on any atom is 0.269 e. The van der Waals surface area contributed by atoms with E-state index in [4.69, 9.17) is 0 Å². The van der Waals surface area contributed by atoms with Gasteiger partial charge in [-0.05, 0) is 127 Å². The molecule has 1 aromatic heterocycles. The molecule has 17 heteroatoms. The Morgan fingerprint density at radius 1 is 0.514 bits per heavy atom. The summed E-state index contributed by atoms with van der Waals surface area (Å²) < 4.78 is 3.18. The first kappa shape index (κ1) is 28.0. The SMILES string of the molecule is O=C1c2c(Br)c(Br)c(Br)c(Br)c2C(=O)N1c1cc(=O)[nH]c(N2C(=O)c3c(Br)c(Br)c(Br)c(Br)c3C2=O)n1. The van der Waals surface area contributed by atoms with Crippen LogP contribution in [0.25, 0.3) is 0 Å². The number of aromatic amines is 1. The molecule has 4 amide bonds. The third-order valence-corrected chi connectivity index (χ3v) is 14.9. The van der Waals surface area contributed by atoms with Crippen LogP contribution in [0.4, 0.5) is 11.8 Å². The van der Waals surface area contributed by atoms with Crippen LogP contribution in [0.3, 0.4) is 0 Å². The Labute approximate surface area is 273 Å². The van der Waals surface area contributed by atoms with Crippen LogP contribution in [-0.4, -0.2) is 33.6 Å². The molecular weight excluding hydrogens is 1020 g/mol. The number of hydrogen-bond acceptors (Lipinski definition) is 6. The maximum atomic E-state index is 13.4. The maximum absolute atomic E-state index is 13.4. The van der Waals surface area contributed by atoms with Crippen LogP contribution in [0.15, 0.2) is 46.6 Å². The lowest BCUT2D eigenvalue weighted by Gasteiger charge is -2.16. The summed E-state index contributed by atoms with van der Waals surface area (Å²) in [7, 11) is 0. The normalized spacial score (nSPS) is 14.7. The third kappa shape index (κ3) is 4.01. The van der Waals surface area contributed by atoms with Gasteiger partial charge in [0.05, 0.1) is 22.3 Å². The molecule has 1 N–H and O–H groups in total. The van der Waals surface area contributed by atoms with Crippen molar-refractivity contribution in [2.24, 2.45) is 0 Å². The van der Waals surface area contributed by atoms with Crippen molar-refractivity contribution in [3.8, 4) is 0 Å². The molecule has 3 aromatic rings. The van der Waals surface area contributed by atoms with Crippen molar-refractivity contribution in [3.05, 3.63) is 74.5 Å². The lowest BCUT2D eigenvalue weighted by atomic mass is 10.1. The van der Waals surface area contributed by atoms with Gasteiger partial charge in [0.15, 0.2) is 5.82 Å². The van der Waals surface area contributed by atoms with Crippen molar-refractivity contribution in [2.75, 3.05) is 9.80 Å². The summed E-state index contributed by atoms with van der Waals surface area (Å²) in [5, 5.41) is 0. The molecule has 0 spiro atoms. The zero-order chi connectivity index (χ0) is 27.2. The molecule has 0 radical (unpaired) electrons. The van der Waals surface area contributed by atoms with Crippen LogP contribution in [-0.2, 0) is 0 Å². The number of anilines is 2. The number of hydrogen-bond donors (Lipinski definition) is 1. The second kappa shape index (κ2) is 9.82. The molecule has 0 saturated carbocycles. The standard InChI is InChI=1S/C20H2Br8N4O5/c21-8-4-5(9(22)13(26)12(8)25)17(35)31(16(4)34)2-1-3(33)30-20(29-2)32-18(36)6-7(19(32)37)11(24)15(28)14(27)10(6)23/h1H,(H,29,30,33). The number of carbonyl (C=O) groups excluding carboxylic acids is 4. The third-order valence-electron chi connectivity index (χ3n) is 5.36. The molecule has 2 aliphatic heterocycles. The van der Waals surface area contributed by atoms with Crippen LogP contribution in [0.5, 0.6) is 0 Å². The lowest BCUT2D eigenvalue weighted by Crippen LogP contribution is -2.36. The Morgan fingerprint density at radius 3 is 1.19 bits per heavy atom. The van der Waals surface area contributed by atoms with Crippen LogP contribution >= 0.6 is 127 Å². The van der Waals surface area contributed by atoms with Gasteiger partial charge in [0.25, 0.3) is 29.2 Å². The van der Waals surface area contributed by atoms with Gasteiger partial charge in [0, 0.05) is 41.8 Å². The number of carbonyl (C=O) groups is 4. The summed E-state index contributed by atoms with van der Waals surface area (Å²) in [6.45, 7) is 0. The zero-order valence-corrected chi connectivity index (χ0v) is 29.7. The predicted molar refractivity (Wildman–Crippen MR) is 162 cm³/mol. The predicted octanol–water partition coefficient (Wildman–Crippen LogP) is 7.47. The molecule has 0 fully saturated rings. The number of nitrogens with one attached hydrogen (secondary N) is 1. The number of halogens is 8. The molecular formula is C20H2Br8N4O5. The van der Waals surface area contributed by atoms with Gasteiger partial charge in [-0.25, -0.2) is 9.80 Å². The Kier molecular flexibility index (Phi) is 7.42. The number of H-pyrrole nitrogens is 1. The first-order chi connectivity index (χ1) is 17.3. The van der Waals surface area contributed by atoms with Crippen molar-refractivity contribution >= 4 is 163 Å². The lowest BCUT2D eigenvalue weighted by molar-refractivity contribution is 0.0911. The number of amides is 4. The number of rotatable bonds is 2. The highest BCUT2D eigenvalue weighted by Gasteiger charge is 2.45. The monoisotopic (exact) mass is 1010 g/mol. The summed E-state index contributed by atoms with van der Waals surface area (Å²) in [4.78, 5) is 73.9. The molecule has 3 heterocycles. The molecule has 0 saturated heterocycles. The van der Waals surface area contributed by atoms with Gasteiger partial charge in [0.1, 0.15) is 0 Å². The molecule has 37 heavy (non-hydrogen) atoms. The van der Waals surface area contributed by atoms with E-state index in [1.165, 1.54) is 0 Å². The summed E-state index contributed by atoms with van der Waals surface area (Å²) in [6, 6.07) is 0.925. The van der Waals surface area contributed by atoms with E-state index in [0.717, 1.165) is 6.07 Å². The quantitative estimate of drug-likeness (QED) is 0.162. The van der Waals surface area contributed by atoms with Gasteiger partial charge in [-0.2, -0.15) is 4.98 Å². The highest BCUT2D eigenvalue weighted by molar-refractivity contribution is 9.15. The second-order valence-electron chi connectivity index (χ2n) is 7.33. The molecule has 2 aliphatic rings. The largest absolute Gasteiger partial charge is 0.292 e. The van der Waals surface area contributed by atoms with E-state index in [0.29, 0.717) is 45.6 Å². The Hall–Kier alpha value is -0.560. The van der Waals surface area contributed by atoms with Crippen LogP contribution < -0.4 is 15.4 Å². The van der Waals surface area contributed by atoms with Gasteiger partial charge in [0.2, 0.25) is 5.95 Å². The summed E-state index contributed by atoms with van der Waals surface area (Å²) in [6.07, 6.45) is 0. The Balaban J connectivity index is 1.66. The van der Waals surface area contributed by atoms with E-state index in [-0.39, 0.29) is 28.1 Å². The Bertz CT molecular complexity index is 1520. The average molecular weight is 1020 g/mol. The molecule has 2 aromatic carbocycles. The van der Waals surface area contributed by atoms with E-state index in [1.807, 2.05) is 0 Å². The van der Waals surface area contributed by atoms with E-state index in [2.05, 4.69) is 137 Å². The van der Waals surface area contributed by atoms with Crippen molar-refractivity contribution in [1.82, 2.24) is 9.97 Å². The fraction of sp³-hybridized carbons (Fsp3) is 0. The van der Waals surface area contributed by atoms with Gasteiger partial charge < -0.3 is 0 Å². The van der Waals surface area contributed by atoms with Crippen LogP contribution in [0, 0.1) is 0 Å². The first-order valence-corrected chi connectivity index (χ1v) is 15.7. The minimum atomic E-state index is -0.797. The minimum Gasteiger partial charge on any atom is -0.292 e. The number of benzene rings is 2. The van der Waals surface area contributed by atoms with E-state index < -0.39 is 35.1 Å².